The standard InChI is InChI=1S/C13H18F3N3O2/c1-12(2,3)8-7-9(13(14,15)16)19-11(18-8)17-6-4-5-10(20)21/h7H,4-6H2,1-3H3,(H,20,21)(H,17,18,19). The third-order valence-corrected chi connectivity index (χ3v) is 2.64. The second-order valence-corrected chi connectivity index (χ2v) is 5.63. The van der Waals surface area contributed by atoms with E-state index in [-0.39, 0.29) is 31.0 Å². The fourth-order valence-electron chi connectivity index (χ4n) is 1.50. The van der Waals surface area contributed by atoms with Crippen LogP contribution in [0.15, 0.2) is 6.07 Å². The van der Waals surface area contributed by atoms with Crippen LogP contribution in [0.1, 0.15) is 45.0 Å². The van der Waals surface area contributed by atoms with E-state index in [1.807, 2.05) is 0 Å². The van der Waals surface area contributed by atoms with Gasteiger partial charge in [-0.2, -0.15) is 13.2 Å². The molecule has 0 aliphatic carbocycles. The highest BCUT2D eigenvalue weighted by molar-refractivity contribution is 5.66. The summed E-state index contributed by atoms with van der Waals surface area (Å²) in [6, 6.07) is 0.933. The van der Waals surface area contributed by atoms with Crippen molar-refractivity contribution < 1.29 is 23.1 Å². The first-order valence-electron chi connectivity index (χ1n) is 6.42. The van der Waals surface area contributed by atoms with Crippen molar-refractivity contribution in [1.82, 2.24) is 9.97 Å². The predicted octanol–water partition coefficient (Wildman–Crippen LogP) is 3.07. The zero-order valence-electron chi connectivity index (χ0n) is 12.1. The Bertz CT molecular complexity index is 478. The minimum absolute atomic E-state index is 0.0713. The van der Waals surface area contributed by atoms with Crippen LogP contribution >= 0.6 is 0 Å². The zero-order valence-corrected chi connectivity index (χ0v) is 12.1. The number of rotatable bonds is 5. The Morgan fingerprint density at radius 2 is 1.81 bits per heavy atom. The van der Waals surface area contributed by atoms with E-state index in [4.69, 9.17) is 5.11 Å². The van der Waals surface area contributed by atoms with Crippen LogP contribution in [0, 0.1) is 0 Å². The SMILES string of the molecule is CC(C)(C)c1cc(C(F)(F)F)nc(NCCCC(=O)O)n1. The normalized spacial score (nSPS) is 12.3. The molecule has 0 atom stereocenters. The fourth-order valence-corrected chi connectivity index (χ4v) is 1.50. The van der Waals surface area contributed by atoms with E-state index in [1.165, 1.54) is 0 Å². The highest BCUT2D eigenvalue weighted by Gasteiger charge is 2.34. The molecule has 5 nitrogen and oxygen atoms in total. The molecule has 0 bridgehead atoms. The van der Waals surface area contributed by atoms with Crippen LogP contribution in [0.3, 0.4) is 0 Å². The van der Waals surface area contributed by atoms with E-state index in [9.17, 15) is 18.0 Å². The van der Waals surface area contributed by atoms with Gasteiger partial charge < -0.3 is 10.4 Å². The molecule has 0 radical (unpaired) electrons. The molecule has 1 aromatic heterocycles. The Hall–Kier alpha value is -1.86. The number of carboxylic acid groups (broad SMARTS) is 1. The minimum atomic E-state index is -4.56. The monoisotopic (exact) mass is 305 g/mol. The van der Waals surface area contributed by atoms with Crippen molar-refractivity contribution in [3.63, 3.8) is 0 Å². The summed E-state index contributed by atoms with van der Waals surface area (Å²) >= 11 is 0. The number of nitrogens with zero attached hydrogens (tertiary/aromatic N) is 2. The fraction of sp³-hybridized carbons (Fsp3) is 0.615. The molecule has 1 heterocycles. The van der Waals surface area contributed by atoms with Crippen molar-refractivity contribution in [3.05, 3.63) is 17.5 Å². The van der Waals surface area contributed by atoms with E-state index in [0.29, 0.717) is 0 Å². The van der Waals surface area contributed by atoms with Gasteiger partial charge in [-0.1, -0.05) is 20.8 Å². The lowest BCUT2D eigenvalue weighted by atomic mass is 9.91. The van der Waals surface area contributed by atoms with Gasteiger partial charge in [-0.15, -0.1) is 0 Å². The molecule has 118 valence electrons. The van der Waals surface area contributed by atoms with Crippen LogP contribution in [-0.4, -0.2) is 27.6 Å². The van der Waals surface area contributed by atoms with Gasteiger partial charge in [0.1, 0.15) is 5.69 Å². The molecule has 0 aliphatic heterocycles. The van der Waals surface area contributed by atoms with Crippen molar-refractivity contribution in [3.8, 4) is 0 Å². The Morgan fingerprint density at radius 3 is 2.29 bits per heavy atom. The van der Waals surface area contributed by atoms with E-state index in [0.717, 1.165) is 6.07 Å². The molecule has 21 heavy (non-hydrogen) atoms. The number of aliphatic carboxylic acids is 1. The quantitative estimate of drug-likeness (QED) is 0.818. The topological polar surface area (TPSA) is 75.1 Å². The maximum absolute atomic E-state index is 12.8. The molecule has 0 fully saturated rings. The van der Waals surface area contributed by atoms with Crippen LogP contribution in [0.25, 0.3) is 0 Å². The minimum Gasteiger partial charge on any atom is -0.481 e. The molecule has 0 spiro atoms. The number of hydrogen-bond donors (Lipinski definition) is 2. The summed E-state index contributed by atoms with van der Waals surface area (Å²) in [4.78, 5) is 17.9. The summed E-state index contributed by atoms with van der Waals surface area (Å²) in [5, 5.41) is 11.1. The Balaban J connectivity index is 2.95. The smallest absolute Gasteiger partial charge is 0.433 e. The number of nitrogens with one attached hydrogen (secondary N) is 1. The lowest BCUT2D eigenvalue weighted by molar-refractivity contribution is -0.141. The zero-order chi connectivity index (χ0) is 16.3. The summed E-state index contributed by atoms with van der Waals surface area (Å²) in [6.45, 7) is 5.45. The highest BCUT2D eigenvalue weighted by atomic mass is 19.4. The van der Waals surface area contributed by atoms with Crippen LogP contribution in [0.4, 0.5) is 19.1 Å². The van der Waals surface area contributed by atoms with E-state index in [2.05, 4.69) is 15.3 Å². The molecular formula is C13H18F3N3O2. The van der Waals surface area contributed by atoms with Crippen LogP contribution in [0.5, 0.6) is 0 Å². The first kappa shape index (κ1) is 17.2. The maximum Gasteiger partial charge on any atom is 0.433 e. The summed E-state index contributed by atoms with van der Waals surface area (Å²) in [5.41, 5.74) is -1.30. The van der Waals surface area contributed by atoms with Gasteiger partial charge >= 0.3 is 12.1 Å². The van der Waals surface area contributed by atoms with E-state index < -0.39 is 23.3 Å². The summed E-state index contributed by atoms with van der Waals surface area (Å²) in [5.74, 6) is -1.10. The maximum atomic E-state index is 12.8. The number of hydrogen-bond acceptors (Lipinski definition) is 4. The number of carbonyl (C=O) groups is 1. The molecule has 0 unspecified atom stereocenters. The second-order valence-electron chi connectivity index (χ2n) is 5.63. The first-order valence-corrected chi connectivity index (χ1v) is 6.42. The second kappa shape index (κ2) is 6.28. The van der Waals surface area contributed by atoms with Gasteiger partial charge in [-0.05, 0) is 12.5 Å². The van der Waals surface area contributed by atoms with Gasteiger partial charge in [-0.25, -0.2) is 9.97 Å². The molecule has 1 aromatic rings. The van der Waals surface area contributed by atoms with Gasteiger partial charge in [0.05, 0.1) is 5.69 Å². The van der Waals surface area contributed by atoms with Gasteiger partial charge in [0.15, 0.2) is 0 Å². The number of alkyl halides is 3. The lowest BCUT2D eigenvalue weighted by Crippen LogP contribution is -2.20. The van der Waals surface area contributed by atoms with Gasteiger partial charge in [0, 0.05) is 18.4 Å². The predicted molar refractivity (Wildman–Crippen MR) is 71.1 cm³/mol. The molecule has 8 heteroatoms. The molecule has 2 N–H and O–H groups in total. The van der Waals surface area contributed by atoms with Crippen LogP contribution in [0.2, 0.25) is 0 Å². The van der Waals surface area contributed by atoms with Gasteiger partial charge in [-0.3, -0.25) is 4.79 Å². The van der Waals surface area contributed by atoms with Crippen LogP contribution < -0.4 is 5.32 Å². The molecule has 0 aromatic carbocycles. The van der Waals surface area contributed by atoms with Crippen molar-refractivity contribution in [2.75, 3.05) is 11.9 Å². The lowest BCUT2D eigenvalue weighted by Gasteiger charge is -2.20. The van der Waals surface area contributed by atoms with Gasteiger partial charge in [0.2, 0.25) is 5.95 Å². The molecule has 0 saturated carbocycles. The number of carboxylic acids is 1. The van der Waals surface area contributed by atoms with Crippen molar-refractivity contribution >= 4 is 11.9 Å². The average molecular weight is 305 g/mol. The Kier molecular flexibility index (Phi) is 5.14. The summed E-state index contributed by atoms with van der Waals surface area (Å²) in [7, 11) is 0. The summed E-state index contributed by atoms with van der Waals surface area (Å²) < 4.78 is 38.5. The van der Waals surface area contributed by atoms with E-state index >= 15 is 0 Å². The molecule has 0 saturated heterocycles. The summed E-state index contributed by atoms with van der Waals surface area (Å²) in [6.07, 6.45) is -4.35. The van der Waals surface area contributed by atoms with Gasteiger partial charge in [0.25, 0.3) is 0 Å². The molecular weight excluding hydrogens is 287 g/mol. The first-order chi connectivity index (χ1) is 9.50. The third kappa shape index (κ3) is 5.57. The van der Waals surface area contributed by atoms with Crippen LogP contribution in [-0.2, 0) is 16.4 Å². The Labute approximate surface area is 120 Å². The largest absolute Gasteiger partial charge is 0.481 e. The Morgan fingerprint density at radius 1 is 1.24 bits per heavy atom. The number of anilines is 1. The molecule has 0 amide bonds. The van der Waals surface area contributed by atoms with Crippen molar-refractivity contribution in [2.24, 2.45) is 0 Å². The highest BCUT2D eigenvalue weighted by Crippen LogP contribution is 2.31. The molecule has 1 rings (SSSR count). The van der Waals surface area contributed by atoms with E-state index in [1.54, 1.807) is 20.8 Å². The van der Waals surface area contributed by atoms with Crippen molar-refractivity contribution in [2.45, 2.75) is 45.2 Å². The third-order valence-electron chi connectivity index (χ3n) is 2.64. The average Bonchev–Trinajstić information content (AvgIpc) is 2.32. The molecule has 0 aliphatic rings. The number of halogens is 3. The van der Waals surface area contributed by atoms with Crippen molar-refractivity contribution in [1.29, 1.82) is 0 Å². The number of aromatic nitrogens is 2.